The van der Waals surface area contributed by atoms with E-state index in [1.165, 1.54) is 0 Å². The summed E-state index contributed by atoms with van der Waals surface area (Å²) in [6.07, 6.45) is 1.69. The second-order valence-electron chi connectivity index (χ2n) is 5.03. The van der Waals surface area contributed by atoms with Crippen molar-refractivity contribution in [2.24, 2.45) is 0 Å². The topological polar surface area (TPSA) is 50.4 Å². The van der Waals surface area contributed by atoms with Gasteiger partial charge in [-0.3, -0.25) is 10.1 Å². The monoisotopic (exact) mass is 378 g/mol. The predicted molar refractivity (Wildman–Crippen MR) is 99.1 cm³/mol. The first-order valence-electron chi connectivity index (χ1n) is 7.03. The van der Waals surface area contributed by atoms with Crippen molar-refractivity contribution in [2.75, 3.05) is 0 Å². The zero-order valence-electron chi connectivity index (χ0n) is 12.3. The third-order valence-corrected chi connectivity index (χ3v) is 4.13. The molecule has 0 unspecified atom stereocenters. The van der Waals surface area contributed by atoms with E-state index in [2.05, 4.69) is 10.6 Å². The van der Waals surface area contributed by atoms with Crippen molar-refractivity contribution in [2.45, 2.75) is 6.61 Å². The largest absolute Gasteiger partial charge is 0.488 e. The van der Waals surface area contributed by atoms with Crippen LogP contribution in [-0.2, 0) is 11.4 Å². The van der Waals surface area contributed by atoms with Gasteiger partial charge < -0.3 is 10.1 Å². The number of benzene rings is 2. The van der Waals surface area contributed by atoms with Crippen LogP contribution in [0.5, 0.6) is 5.75 Å². The van der Waals surface area contributed by atoms with Crippen molar-refractivity contribution < 1.29 is 9.53 Å². The van der Waals surface area contributed by atoms with Crippen LogP contribution >= 0.6 is 35.4 Å². The lowest BCUT2D eigenvalue weighted by Gasteiger charge is -2.11. The van der Waals surface area contributed by atoms with Crippen LogP contribution in [0.2, 0.25) is 10.0 Å². The molecule has 2 aromatic rings. The zero-order chi connectivity index (χ0) is 17.1. The number of rotatable bonds is 4. The van der Waals surface area contributed by atoms with Crippen molar-refractivity contribution in [1.29, 1.82) is 0 Å². The summed E-state index contributed by atoms with van der Waals surface area (Å²) in [4.78, 5) is 11.8. The quantitative estimate of drug-likeness (QED) is 0.625. The Bertz CT molecular complexity index is 852. The van der Waals surface area contributed by atoms with Crippen molar-refractivity contribution in [3.63, 3.8) is 0 Å². The van der Waals surface area contributed by atoms with Crippen LogP contribution in [-0.4, -0.2) is 11.0 Å². The molecule has 0 spiro atoms. The number of carbonyl (C=O) groups excluding carboxylic acids is 1. The van der Waals surface area contributed by atoms with Gasteiger partial charge >= 0.3 is 0 Å². The molecule has 1 heterocycles. The molecule has 2 N–H and O–H groups in total. The van der Waals surface area contributed by atoms with E-state index in [9.17, 15) is 4.79 Å². The van der Waals surface area contributed by atoms with E-state index in [0.717, 1.165) is 11.1 Å². The van der Waals surface area contributed by atoms with Crippen LogP contribution in [0.4, 0.5) is 0 Å². The lowest BCUT2D eigenvalue weighted by atomic mass is 10.1. The summed E-state index contributed by atoms with van der Waals surface area (Å²) < 4.78 is 5.85. The van der Waals surface area contributed by atoms with Gasteiger partial charge in [0.05, 0.1) is 0 Å². The zero-order valence-corrected chi connectivity index (χ0v) is 14.6. The molecule has 1 fully saturated rings. The SMILES string of the molecule is O=C1NC(=S)N/C1=C\c1ccccc1OCc1ccc(Cl)cc1Cl. The fourth-order valence-corrected chi connectivity index (χ4v) is 2.83. The molecule has 1 saturated heterocycles. The number of nitrogens with one attached hydrogen (secondary N) is 2. The maximum atomic E-state index is 11.8. The van der Waals surface area contributed by atoms with E-state index in [1.54, 1.807) is 18.2 Å². The van der Waals surface area contributed by atoms with Gasteiger partial charge in [0.15, 0.2) is 5.11 Å². The molecule has 1 aliphatic heterocycles. The Balaban J connectivity index is 1.81. The number of ether oxygens (including phenoxy) is 1. The second-order valence-corrected chi connectivity index (χ2v) is 6.28. The summed E-state index contributed by atoms with van der Waals surface area (Å²) in [6, 6.07) is 12.6. The van der Waals surface area contributed by atoms with E-state index < -0.39 is 0 Å². The molecule has 4 nitrogen and oxygen atoms in total. The molecule has 2 aromatic carbocycles. The molecule has 0 atom stereocenters. The average Bonchev–Trinajstić information content (AvgIpc) is 2.85. The number of thiocarbonyl (C=S) groups is 1. The van der Waals surface area contributed by atoms with E-state index in [-0.39, 0.29) is 17.6 Å². The predicted octanol–water partition coefficient (Wildman–Crippen LogP) is 3.92. The Hall–Kier alpha value is -2.08. The fourth-order valence-electron chi connectivity index (χ4n) is 2.16. The van der Waals surface area contributed by atoms with Crippen molar-refractivity contribution in [3.05, 3.63) is 69.3 Å². The second kappa shape index (κ2) is 7.21. The third-order valence-electron chi connectivity index (χ3n) is 3.34. The van der Waals surface area contributed by atoms with Crippen LogP contribution in [0, 0.1) is 0 Å². The molecule has 3 rings (SSSR count). The highest BCUT2D eigenvalue weighted by Crippen LogP contribution is 2.25. The summed E-state index contributed by atoms with van der Waals surface area (Å²) >= 11 is 17.0. The first kappa shape index (κ1) is 16.8. The average molecular weight is 379 g/mol. The standard InChI is InChI=1S/C17H12Cl2N2O2S/c18-12-6-5-11(13(19)8-12)9-23-15-4-2-1-3-10(15)7-14-16(22)21-17(24)20-14/h1-8H,9H2,(H2,20,21,22,24)/b14-7-. The summed E-state index contributed by atoms with van der Waals surface area (Å²) in [7, 11) is 0. The molecule has 1 amide bonds. The Morgan fingerprint density at radius 1 is 1.12 bits per heavy atom. The van der Waals surface area contributed by atoms with Gasteiger partial charge in [-0.25, -0.2) is 0 Å². The van der Waals surface area contributed by atoms with E-state index >= 15 is 0 Å². The summed E-state index contributed by atoms with van der Waals surface area (Å²) in [5.74, 6) is 0.360. The Labute approximate surface area is 154 Å². The molecule has 1 aliphatic rings. The molecule has 7 heteroatoms. The maximum absolute atomic E-state index is 11.8. The first-order valence-corrected chi connectivity index (χ1v) is 8.19. The number of amides is 1. The normalized spacial score (nSPS) is 15.3. The van der Waals surface area contributed by atoms with E-state index in [0.29, 0.717) is 21.5 Å². The van der Waals surface area contributed by atoms with E-state index in [4.69, 9.17) is 40.2 Å². The molecule has 0 bridgehead atoms. The van der Waals surface area contributed by atoms with Gasteiger partial charge in [0.2, 0.25) is 0 Å². The molecular weight excluding hydrogens is 367 g/mol. The number of hydrogen-bond donors (Lipinski definition) is 2. The van der Waals surface area contributed by atoms with Gasteiger partial charge in [0, 0.05) is 21.2 Å². The van der Waals surface area contributed by atoms with Crippen molar-refractivity contribution in [1.82, 2.24) is 10.6 Å². The summed E-state index contributed by atoms with van der Waals surface area (Å²) in [5.41, 5.74) is 1.95. The first-order chi connectivity index (χ1) is 11.5. The van der Waals surface area contributed by atoms with Crippen LogP contribution in [0.25, 0.3) is 6.08 Å². The minimum atomic E-state index is -0.268. The maximum Gasteiger partial charge on any atom is 0.273 e. The minimum Gasteiger partial charge on any atom is -0.488 e. The number of para-hydroxylation sites is 1. The van der Waals surface area contributed by atoms with Crippen molar-refractivity contribution >= 4 is 52.5 Å². The third kappa shape index (κ3) is 3.87. The molecule has 0 saturated carbocycles. The van der Waals surface area contributed by atoms with Crippen LogP contribution in [0.3, 0.4) is 0 Å². The number of hydrogen-bond acceptors (Lipinski definition) is 3. The molecular formula is C17H12Cl2N2O2S. The van der Waals surface area contributed by atoms with Crippen LogP contribution in [0.15, 0.2) is 48.2 Å². The van der Waals surface area contributed by atoms with Gasteiger partial charge in [0.25, 0.3) is 5.91 Å². The Morgan fingerprint density at radius 2 is 1.92 bits per heavy atom. The minimum absolute atomic E-state index is 0.268. The molecule has 0 aromatic heterocycles. The van der Waals surface area contributed by atoms with Crippen LogP contribution < -0.4 is 15.4 Å². The number of halogens is 2. The van der Waals surface area contributed by atoms with Crippen LogP contribution in [0.1, 0.15) is 11.1 Å². The highest BCUT2D eigenvalue weighted by Gasteiger charge is 2.20. The molecule has 24 heavy (non-hydrogen) atoms. The lowest BCUT2D eigenvalue weighted by Crippen LogP contribution is -2.21. The summed E-state index contributed by atoms with van der Waals surface area (Å²) in [6.45, 7) is 0.286. The summed E-state index contributed by atoms with van der Waals surface area (Å²) in [5, 5.41) is 6.73. The van der Waals surface area contributed by atoms with E-state index in [1.807, 2.05) is 30.3 Å². The van der Waals surface area contributed by atoms with Gasteiger partial charge in [-0.15, -0.1) is 0 Å². The van der Waals surface area contributed by atoms with Gasteiger partial charge in [0.1, 0.15) is 18.1 Å². The number of carbonyl (C=O) groups is 1. The van der Waals surface area contributed by atoms with Gasteiger partial charge in [-0.2, -0.15) is 0 Å². The molecule has 122 valence electrons. The van der Waals surface area contributed by atoms with Crippen molar-refractivity contribution in [3.8, 4) is 5.75 Å². The lowest BCUT2D eigenvalue weighted by molar-refractivity contribution is -0.115. The Kier molecular flexibility index (Phi) is 5.04. The highest BCUT2D eigenvalue weighted by atomic mass is 35.5. The molecule has 0 radical (unpaired) electrons. The van der Waals surface area contributed by atoms with Gasteiger partial charge in [-0.1, -0.05) is 47.5 Å². The molecule has 0 aliphatic carbocycles. The highest BCUT2D eigenvalue weighted by molar-refractivity contribution is 7.80. The smallest absolute Gasteiger partial charge is 0.273 e. The fraction of sp³-hybridized carbons (Fsp3) is 0.0588. The Morgan fingerprint density at radius 3 is 2.62 bits per heavy atom. The van der Waals surface area contributed by atoms with Gasteiger partial charge in [-0.05, 0) is 36.5 Å².